The SMILES string of the molecule is CCCCCCc1ccc(C#CC2CCC(c3ccc(CCC)cc3)CC2)cc1Cl. The van der Waals surface area contributed by atoms with Gasteiger partial charge in [0.25, 0.3) is 0 Å². The minimum Gasteiger partial charge on any atom is -0.0945 e. The molecule has 0 saturated heterocycles. The quantitative estimate of drug-likeness (QED) is 0.295. The molecular weight excluding hydrogens is 384 g/mol. The van der Waals surface area contributed by atoms with Gasteiger partial charge in [-0.25, -0.2) is 0 Å². The van der Waals surface area contributed by atoms with E-state index in [1.165, 1.54) is 80.9 Å². The first kappa shape index (κ1) is 23.0. The molecule has 1 aliphatic carbocycles. The average molecular weight is 421 g/mol. The smallest absolute Gasteiger partial charge is 0.0450 e. The predicted molar refractivity (Wildman–Crippen MR) is 131 cm³/mol. The first-order chi connectivity index (χ1) is 14.7. The van der Waals surface area contributed by atoms with Crippen molar-refractivity contribution in [2.24, 2.45) is 5.92 Å². The Morgan fingerprint density at radius 3 is 2.27 bits per heavy atom. The second-order valence-electron chi connectivity index (χ2n) is 8.93. The maximum Gasteiger partial charge on any atom is 0.0450 e. The Bertz CT molecular complexity index is 829. The number of halogens is 1. The lowest BCUT2D eigenvalue weighted by molar-refractivity contribution is 0.384. The van der Waals surface area contributed by atoms with Crippen molar-refractivity contribution in [3.8, 4) is 11.8 Å². The molecular formula is C29H37Cl. The Labute approximate surface area is 189 Å². The van der Waals surface area contributed by atoms with Crippen molar-refractivity contribution in [2.45, 2.75) is 90.4 Å². The highest BCUT2D eigenvalue weighted by Gasteiger charge is 2.21. The third-order valence-electron chi connectivity index (χ3n) is 6.49. The van der Waals surface area contributed by atoms with Crippen LogP contribution in [0.3, 0.4) is 0 Å². The van der Waals surface area contributed by atoms with Gasteiger partial charge in [0, 0.05) is 16.5 Å². The molecule has 0 spiro atoms. The molecule has 0 heterocycles. The van der Waals surface area contributed by atoms with Gasteiger partial charge in [0.15, 0.2) is 0 Å². The molecule has 0 amide bonds. The van der Waals surface area contributed by atoms with E-state index in [1.807, 2.05) is 0 Å². The molecule has 2 aromatic carbocycles. The van der Waals surface area contributed by atoms with E-state index in [0.29, 0.717) is 11.8 Å². The molecule has 1 saturated carbocycles. The zero-order valence-electron chi connectivity index (χ0n) is 18.9. The van der Waals surface area contributed by atoms with Crippen molar-refractivity contribution in [1.29, 1.82) is 0 Å². The fraction of sp³-hybridized carbons (Fsp3) is 0.517. The zero-order chi connectivity index (χ0) is 21.2. The predicted octanol–water partition coefficient (Wildman–Crippen LogP) is 8.74. The van der Waals surface area contributed by atoms with E-state index in [4.69, 9.17) is 11.6 Å². The monoisotopic (exact) mass is 420 g/mol. The van der Waals surface area contributed by atoms with Gasteiger partial charge in [0.05, 0.1) is 0 Å². The van der Waals surface area contributed by atoms with E-state index < -0.39 is 0 Å². The van der Waals surface area contributed by atoms with Gasteiger partial charge in [-0.3, -0.25) is 0 Å². The molecule has 3 rings (SSSR count). The van der Waals surface area contributed by atoms with Crippen molar-refractivity contribution in [2.75, 3.05) is 0 Å². The number of hydrogen-bond acceptors (Lipinski definition) is 0. The third-order valence-corrected chi connectivity index (χ3v) is 6.84. The number of aryl methyl sites for hydroxylation is 2. The molecule has 0 aromatic heterocycles. The molecule has 0 bridgehead atoms. The minimum absolute atomic E-state index is 0.521. The lowest BCUT2D eigenvalue weighted by Crippen LogP contribution is -2.12. The van der Waals surface area contributed by atoms with Gasteiger partial charge in [-0.1, -0.05) is 93.3 Å². The van der Waals surface area contributed by atoms with E-state index in [9.17, 15) is 0 Å². The van der Waals surface area contributed by atoms with Gasteiger partial charge in [-0.05, 0) is 79.7 Å². The van der Waals surface area contributed by atoms with E-state index >= 15 is 0 Å². The highest BCUT2D eigenvalue weighted by atomic mass is 35.5. The fourth-order valence-electron chi connectivity index (χ4n) is 4.57. The Kier molecular flexibility index (Phi) is 9.35. The topological polar surface area (TPSA) is 0 Å². The van der Waals surface area contributed by atoms with Crippen LogP contribution in [0.4, 0.5) is 0 Å². The van der Waals surface area contributed by atoms with Crippen LogP contribution in [0.15, 0.2) is 42.5 Å². The molecule has 30 heavy (non-hydrogen) atoms. The summed E-state index contributed by atoms with van der Waals surface area (Å²) in [5.41, 5.74) is 5.31. The van der Waals surface area contributed by atoms with Crippen LogP contribution < -0.4 is 0 Å². The molecule has 1 aliphatic rings. The molecule has 0 aliphatic heterocycles. The summed E-state index contributed by atoms with van der Waals surface area (Å²) < 4.78 is 0. The highest BCUT2D eigenvalue weighted by molar-refractivity contribution is 6.31. The molecule has 2 aromatic rings. The van der Waals surface area contributed by atoms with Crippen LogP contribution in [-0.4, -0.2) is 0 Å². The van der Waals surface area contributed by atoms with E-state index in [-0.39, 0.29) is 0 Å². The number of unbranched alkanes of at least 4 members (excludes halogenated alkanes) is 3. The van der Waals surface area contributed by atoms with E-state index in [1.54, 1.807) is 0 Å². The zero-order valence-corrected chi connectivity index (χ0v) is 19.6. The summed E-state index contributed by atoms with van der Waals surface area (Å²) in [6, 6.07) is 15.7. The Balaban J connectivity index is 1.50. The largest absolute Gasteiger partial charge is 0.0945 e. The van der Waals surface area contributed by atoms with Gasteiger partial charge < -0.3 is 0 Å². The molecule has 1 heteroatoms. The summed E-state index contributed by atoms with van der Waals surface area (Å²) in [6.07, 6.45) is 13.5. The first-order valence-electron chi connectivity index (χ1n) is 12.1. The summed E-state index contributed by atoms with van der Waals surface area (Å²) in [5, 5.41) is 0.883. The van der Waals surface area contributed by atoms with Crippen molar-refractivity contribution < 1.29 is 0 Å². The van der Waals surface area contributed by atoms with Crippen LogP contribution in [0.5, 0.6) is 0 Å². The molecule has 160 valence electrons. The second-order valence-corrected chi connectivity index (χ2v) is 9.33. The van der Waals surface area contributed by atoms with Crippen molar-refractivity contribution in [3.05, 3.63) is 69.7 Å². The molecule has 0 nitrogen and oxygen atoms in total. The fourth-order valence-corrected chi connectivity index (χ4v) is 4.85. The summed E-state index contributed by atoms with van der Waals surface area (Å²) >= 11 is 6.51. The van der Waals surface area contributed by atoms with Crippen molar-refractivity contribution in [1.82, 2.24) is 0 Å². The minimum atomic E-state index is 0.521. The van der Waals surface area contributed by atoms with E-state index in [2.05, 4.69) is 68.2 Å². The third kappa shape index (κ3) is 6.92. The molecule has 1 fully saturated rings. The highest BCUT2D eigenvalue weighted by Crippen LogP contribution is 2.35. The van der Waals surface area contributed by atoms with Crippen molar-refractivity contribution in [3.63, 3.8) is 0 Å². The van der Waals surface area contributed by atoms with Gasteiger partial charge in [0.1, 0.15) is 0 Å². The van der Waals surface area contributed by atoms with E-state index in [0.717, 1.165) is 17.0 Å². The molecule has 0 radical (unpaired) electrons. The lowest BCUT2D eigenvalue weighted by atomic mass is 9.78. The van der Waals surface area contributed by atoms with Crippen LogP contribution in [0, 0.1) is 17.8 Å². The Morgan fingerprint density at radius 2 is 1.60 bits per heavy atom. The lowest BCUT2D eigenvalue weighted by Gasteiger charge is -2.26. The van der Waals surface area contributed by atoms with Gasteiger partial charge >= 0.3 is 0 Å². The second kappa shape index (κ2) is 12.2. The van der Waals surface area contributed by atoms with Crippen LogP contribution in [-0.2, 0) is 12.8 Å². The van der Waals surface area contributed by atoms with Crippen molar-refractivity contribution >= 4 is 11.6 Å². The Hall–Kier alpha value is -1.71. The number of rotatable bonds is 8. The summed E-state index contributed by atoms with van der Waals surface area (Å²) in [7, 11) is 0. The first-order valence-corrected chi connectivity index (χ1v) is 12.5. The maximum atomic E-state index is 6.51. The van der Waals surface area contributed by atoms with Gasteiger partial charge in [-0.2, -0.15) is 0 Å². The summed E-state index contributed by atoms with van der Waals surface area (Å²) in [6.45, 7) is 4.49. The summed E-state index contributed by atoms with van der Waals surface area (Å²) in [5.74, 6) is 8.16. The van der Waals surface area contributed by atoms with Gasteiger partial charge in [-0.15, -0.1) is 0 Å². The van der Waals surface area contributed by atoms with Crippen LogP contribution in [0.25, 0.3) is 0 Å². The van der Waals surface area contributed by atoms with Crippen LogP contribution >= 0.6 is 11.6 Å². The maximum absolute atomic E-state index is 6.51. The normalized spacial score (nSPS) is 18.6. The standard InChI is InChI=1S/C29H37Cl/c1-3-5-6-7-9-28-21-16-25(22-29(28)30)11-10-24-14-19-27(20-15-24)26-17-12-23(8-4-2)13-18-26/h12-13,16-18,21-22,24,27H,3-9,14-15,19-20H2,1-2H3. The van der Waals surface area contributed by atoms with Crippen LogP contribution in [0.2, 0.25) is 5.02 Å². The summed E-state index contributed by atoms with van der Waals surface area (Å²) in [4.78, 5) is 0. The number of benzene rings is 2. The Morgan fingerprint density at radius 1 is 0.833 bits per heavy atom. The molecule has 0 unspecified atom stereocenters. The molecule has 0 N–H and O–H groups in total. The molecule has 0 atom stereocenters. The average Bonchev–Trinajstić information content (AvgIpc) is 2.77. The number of hydrogen-bond donors (Lipinski definition) is 0. The van der Waals surface area contributed by atoms with Crippen LogP contribution in [0.1, 0.15) is 99.8 Å². The van der Waals surface area contributed by atoms with Gasteiger partial charge in [0.2, 0.25) is 0 Å².